The Morgan fingerprint density at radius 3 is 3.00 bits per heavy atom. The van der Waals surface area contributed by atoms with Crippen LogP contribution >= 0.6 is 0 Å². The van der Waals surface area contributed by atoms with Gasteiger partial charge in [-0.1, -0.05) is 12.1 Å². The predicted molar refractivity (Wildman–Crippen MR) is 48.1 cm³/mol. The Hall–Kier alpha value is -1.18. The fourth-order valence-electron chi connectivity index (χ4n) is 1.48. The average Bonchev–Trinajstić information content (AvgIpc) is 2.35. The third-order valence-electron chi connectivity index (χ3n) is 2.16. The van der Waals surface area contributed by atoms with E-state index < -0.39 is 0 Å². The van der Waals surface area contributed by atoms with Crippen LogP contribution in [0.1, 0.15) is 5.56 Å². The van der Waals surface area contributed by atoms with Gasteiger partial charge in [0.25, 0.3) is 0 Å². The van der Waals surface area contributed by atoms with Gasteiger partial charge >= 0.3 is 0 Å². The van der Waals surface area contributed by atoms with Crippen molar-refractivity contribution in [2.45, 2.75) is 6.92 Å². The van der Waals surface area contributed by atoms with Crippen LogP contribution in [0.2, 0.25) is 0 Å². The Morgan fingerprint density at radius 2 is 2.27 bits per heavy atom. The van der Waals surface area contributed by atoms with Crippen LogP contribution in [-0.2, 0) is 0 Å². The standard InChI is InChI=1S/C9H12N2/c1-7-4-3-5-8-9(7)10-6-11(8)2/h3-5,10H,6H2,1-2H3. The topological polar surface area (TPSA) is 15.3 Å². The third kappa shape index (κ3) is 0.862. The Bertz CT molecular complexity index is 281. The average molecular weight is 148 g/mol. The number of aryl methyl sites for hydroxylation is 1. The highest BCUT2D eigenvalue weighted by Crippen LogP contribution is 2.32. The van der Waals surface area contributed by atoms with Crippen molar-refractivity contribution < 1.29 is 0 Å². The van der Waals surface area contributed by atoms with Gasteiger partial charge in [-0.3, -0.25) is 0 Å². The van der Waals surface area contributed by atoms with Crippen LogP contribution in [0.4, 0.5) is 11.4 Å². The summed E-state index contributed by atoms with van der Waals surface area (Å²) < 4.78 is 0. The Kier molecular flexibility index (Phi) is 1.28. The number of hydrogen-bond acceptors (Lipinski definition) is 2. The second-order valence-electron chi connectivity index (χ2n) is 3.00. The number of hydrogen-bond donors (Lipinski definition) is 1. The monoisotopic (exact) mass is 148 g/mol. The molecule has 0 aromatic heterocycles. The Balaban J connectivity index is 2.57. The number of nitrogens with zero attached hydrogens (tertiary/aromatic N) is 1. The summed E-state index contributed by atoms with van der Waals surface area (Å²) in [7, 11) is 2.10. The molecule has 58 valence electrons. The number of benzene rings is 1. The number of anilines is 2. The highest BCUT2D eigenvalue weighted by Gasteiger charge is 2.14. The smallest absolute Gasteiger partial charge is 0.0874 e. The minimum atomic E-state index is 0.931. The molecular weight excluding hydrogens is 136 g/mol. The van der Waals surface area contributed by atoms with E-state index in [-0.39, 0.29) is 0 Å². The number of rotatable bonds is 0. The summed E-state index contributed by atoms with van der Waals surface area (Å²) in [6, 6.07) is 6.37. The van der Waals surface area contributed by atoms with Gasteiger partial charge in [0, 0.05) is 7.05 Å². The first kappa shape index (κ1) is 6.53. The summed E-state index contributed by atoms with van der Waals surface area (Å²) >= 11 is 0. The Morgan fingerprint density at radius 1 is 1.45 bits per heavy atom. The van der Waals surface area contributed by atoms with Gasteiger partial charge in [-0.05, 0) is 18.6 Å². The van der Waals surface area contributed by atoms with Gasteiger partial charge in [0.15, 0.2) is 0 Å². The number of nitrogens with one attached hydrogen (secondary N) is 1. The first-order chi connectivity index (χ1) is 5.29. The summed E-state index contributed by atoms with van der Waals surface area (Å²) in [6.07, 6.45) is 0. The molecule has 2 nitrogen and oxygen atoms in total. The van der Waals surface area contributed by atoms with Gasteiger partial charge in [-0.25, -0.2) is 0 Å². The number of para-hydroxylation sites is 1. The fraction of sp³-hybridized carbons (Fsp3) is 0.333. The van der Waals surface area contributed by atoms with Crippen molar-refractivity contribution in [1.82, 2.24) is 0 Å². The van der Waals surface area contributed by atoms with E-state index in [4.69, 9.17) is 0 Å². The molecule has 2 heteroatoms. The number of fused-ring (bicyclic) bond motifs is 1. The van der Waals surface area contributed by atoms with Crippen LogP contribution < -0.4 is 10.2 Å². The van der Waals surface area contributed by atoms with Crippen LogP contribution in [0.5, 0.6) is 0 Å². The largest absolute Gasteiger partial charge is 0.366 e. The van der Waals surface area contributed by atoms with E-state index in [1.165, 1.54) is 16.9 Å². The maximum Gasteiger partial charge on any atom is 0.0874 e. The van der Waals surface area contributed by atoms with Gasteiger partial charge in [-0.2, -0.15) is 0 Å². The predicted octanol–water partition coefficient (Wildman–Crippen LogP) is 1.81. The van der Waals surface area contributed by atoms with Gasteiger partial charge < -0.3 is 10.2 Å². The molecule has 1 aliphatic heterocycles. The molecule has 2 rings (SSSR count). The van der Waals surface area contributed by atoms with Crippen LogP contribution in [-0.4, -0.2) is 13.7 Å². The van der Waals surface area contributed by atoms with Gasteiger partial charge in [-0.15, -0.1) is 0 Å². The van der Waals surface area contributed by atoms with E-state index in [0.717, 1.165) is 6.67 Å². The third-order valence-corrected chi connectivity index (χ3v) is 2.16. The molecule has 0 amide bonds. The zero-order chi connectivity index (χ0) is 7.84. The normalized spacial score (nSPS) is 14.5. The van der Waals surface area contributed by atoms with Crippen molar-refractivity contribution >= 4 is 11.4 Å². The first-order valence-corrected chi connectivity index (χ1v) is 3.83. The minimum Gasteiger partial charge on any atom is -0.366 e. The first-order valence-electron chi connectivity index (χ1n) is 3.83. The van der Waals surface area contributed by atoms with Gasteiger partial charge in [0.1, 0.15) is 0 Å². The van der Waals surface area contributed by atoms with Crippen LogP contribution in [0, 0.1) is 6.92 Å². The van der Waals surface area contributed by atoms with Crippen molar-refractivity contribution in [3.63, 3.8) is 0 Å². The molecule has 0 saturated carbocycles. The fourth-order valence-corrected chi connectivity index (χ4v) is 1.48. The lowest BCUT2D eigenvalue weighted by molar-refractivity contribution is 1.03. The van der Waals surface area contributed by atoms with Crippen molar-refractivity contribution in [3.8, 4) is 0 Å². The lowest BCUT2D eigenvalue weighted by Crippen LogP contribution is -2.15. The molecule has 0 fully saturated rings. The summed E-state index contributed by atoms with van der Waals surface area (Å²) in [4.78, 5) is 2.21. The molecule has 0 aliphatic carbocycles. The van der Waals surface area contributed by atoms with E-state index in [2.05, 4.69) is 42.4 Å². The van der Waals surface area contributed by atoms with E-state index in [0.29, 0.717) is 0 Å². The second kappa shape index (κ2) is 2.16. The quantitative estimate of drug-likeness (QED) is 0.603. The minimum absolute atomic E-state index is 0.931. The van der Waals surface area contributed by atoms with Crippen molar-refractivity contribution in [2.75, 3.05) is 23.9 Å². The highest BCUT2D eigenvalue weighted by atomic mass is 15.3. The molecule has 0 bridgehead atoms. The summed E-state index contributed by atoms with van der Waals surface area (Å²) in [5.41, 5.74) is 3.92. The van der Waals surface area contributed by atoms with Crippen molar-refractivity contribution in [1.29, 1.82) is 0 Å². The summed E-state index contributed by atoms with van der Waals surface area (Å²) in [6.45, 7) is 3.06. The van der Waals surface area contributed by atoms with E-state index in [1.54, 1.807) is 0 Å². The van der Waals surface area contributed by atoms with Gasteiger partial charge in [0.2, 0.25) is 0 Å². The Labute approximate surface area is 66.8 Å². The zero-order valence-electron chi connectivity index (χ0n) is 6.89. The molecule has 1 aliphatic rings. The highest BCUT2D eigenvalue weighted by molar-refractivity contribution is 5.77. The van der Waals surface area contributed by atoms with Crippen LogP contribution in [0.25, 0.3) is 0 Å². The molecule has 1 heterocycles. The molecule has 0 unspecified atom stereocenters. The van der Waals surface area contributed by atoms with E-state index in [1.807, 2.05) is 0 Å². The SMILES string of the molecule is Cc1cccc2c1NCN2C. The molecule has 1 N–H and O–H groups in total. The maximum absolute atomic E-state index is 3.34. The van der Waals surface area contributed by atoms with E-state index in [9.17, 15) is 0 Å². The van der Waals surface area contributed by atoms with Crippen LogP contribution in [0.3, 0.4) is 0 Å². The molecule has 1 aromatic carbocycles. The summed E-state index contributed by atoms with van der Waals surface area (Å²) in [5.74, 6) is 0. The lowest BCUT2D eigenvalue weighted by Gasteiger charge is -2.09. The molecule has 0 atom stereocenters. The molecular formula is C9H12N2. The van der Waals surface area contributed by atoms with Crippen molar-refractivity contribution in [3.05, 3.63) is 23.8 Å². The van der Waals surface area contributed by atoms with Crippen molar-refractivity contribution in [2.24, 2.45) is 0 Å². The van der Waals surface area contributed by atoms with Crippen LogP contribution in [0.15, 0.2) is 18.2 Å². The molecule has 11 heavy (non-hydrogen) atoms. The van der Waals surface area contributed by atoms with Gasteiger partial charge in [0.05, 0.1) is 18.0 Å². The molecule has 0 spiro atoms. The zero-order valence-corrected chi connectivity index (χ0v) is 6.89. The lowest BCUT2D eigenvalue weighted by atomic mass is 10.2. The maximum atomic E-state index is 3.34. The summed E-state index contributed by atoms with van der Waals surface area (Å²) in [5, 5.41) is 3.34. The molecule has 0 radical (unpaired) electrons. The van der Waals surface area contributed by atoms with E-state index >= 15 is 0 Å². The molecule has 1 aromatic rings. The molecule has 0 saturated heterocycles. The second-order valence-corrected chi connectivity index (χ2v) is 3.00.